The Hall–Kier alpha value is -4.02. The van der Waals surface area contributed by atoms with Gasteiger partial charge in [0, 0.05) is 30.6 Å². The number of amides is 3. The second kappa shape index (κ2) is 10.3. The Morgan fingerprint density at radius 1 is 1.06 bits per heavy atom. The van der Waals surface area contributed by atoms with Crippen LogP contribution in [0, 0.1) is 0 Å². The number of benzene rings is 2. The van der Waals surface area contributed by atoms with E-state index in [2.05, 4.69) is 15.7 Å². The van der Waals surface area contributed by atoms with Crippen LogP contribution >= 0.6 is 12.4 Å². The van der Waals surface area contributed by atoms with Gasteiger partial charge in [0.15, 0.2) is 5.82 Å². The van der Waals surface area contributed by atoms with Crippen molar-refractivity contribution in [2.45, 2.75) is 26.4 Å². The highest BCUT2D eigenvalue weighted by molar-refractivity contribution is 6.21. The number of hydrogen-bond donors (Lipinski definition) is 2. The average molecular weight is 510 g/mol. The van der Waals surface area contributed by atoms with Gasteiger partial charge in [-0.2, -0.15) is 4.68 Å². The smallest absolute Gasteiger partial charge is 0.434 e. The lowest BCUT2D eigenvalue weighted by molar-refractivity contribution is 0.0640. The summed E-state index contributed by atoms with van der Waals surface area (Å²) in [5, 5.41) is 10.3. The van der Waals surface area contributed by atoms with E-state index in [0.717, 1.165) is 10.5 Å². The number of rotatable bonds is 5. The Morgan fingerprint density at radius 3 is 2.42 bits per heavy atom. The molecule has 3 heterocycles. The van der Waals surface area contributed by atoms with Crippen LogP contribution in [0.1, 0.15) is 54.8 Å². The van der Waals surface area contributed by atoms with Gasteiger partial charge in [0.1, 0.15) is 0 Å². The zero-order valence-corrected chi connectivity index (χ0v) is 20.3. The molecular weight excluding hydrogens is 486 g/mol. The average Bonchev–Trinajstić information content (AvgIpc) is 3.36. The molecule has 0 fully saturated rings. The number of ether oxygens (including phenoxy) is 1. The molecule has 2 aromatic carbocycles. The molecule has 2 aliphatic rings. The van der Waals surface area contributed by atoms with Crippen molar-refractivity contribution in [3.63, 3.8) is 0 Å². The van der Waals surface area contributed by atoms with Gasteiger partial charge in [0.25, 0.3) is 17.7 Å². The summed E-state index contributed by atoms with van der Waals surface area (Å²) < 4.78 is 6.29. The maximum atomic E-state index is 13.3. The van der Waals surface area contributed by atoms with Crippen LogP contribution < -0.4 is 10.6 Å². The third-order valence-corrected chi connectivity index (χ3v) is 6.07. The van der Waals surface area contributed by atoms with Crippen molar-refractivity contribution in [2.24, 2.45) is 0 Å². The maximum absolute atomic E-state index is 13.3. The topological polar surface area (TPSA) is 123 Å². The maximum Gasteiger partial charge on any atom is 0.434 e. The minimum Gasteiger partial charge on any atom is -0.448 e. The van der Waals surface area contributed by atoms with Gasteiger partial charge in [-0.3, -0.25) is 19.3 Å². The van der Waals surface area contributed by atoms with Crippen molar-refractivity contribution in [3.8, 4) is 0 Å². The number of nitrogens with one attached hydrogen (secondary N) is 2. The lowest BCUT2D eigenvalue weighted by atomic mass is 10.1. The van der Waals surface area contributed by atoms with Crippen molar-refractivity contribution in [3.05, 3.63) is 82.0 Å². The van der Waals surface area contributed by atoms with E-state index in [0.29, 0.717) is 47.5 Å². The molecule has 0 bridgehead atoms. The molecule has 1 aromatic heterocycles. The number of halogens is 1. The number of carbonyl (C=O) groups is 4. The molecule has 0 radical (unpaired) electrons. The van der Waals surface area contributed by atoms with Gasteiger partial charge in [-0.1, -0.05) is 30.3 Å². The number of imide groups is 1. The van der Waals surface area contributed by atoms with Crippen LogP contribution in [-0.4, -0.2) is 51.6 Å². The first-order chi connectivity index (χ1) is 17.0. The molecule has 186 valence electrons. The first-order valence-corrected chi connectivity index (χ1v) is 11.3. The summed E-state index contributed by atoms with van der Waals surface area (Å²) in [7, 11) is 0. The van der Waals surface area contributed by atoms with Crippen molar-refractivity contribution < 1.29 is 23.9 Å². The number of aromatic nitrogens is 2. The van der Waals surface area contributed by atoms with Crippen LogP contribution in [0.3, 0.4) is 0 Å². The van der Waals surface area contributed by atoms with Crippen LogP contribution in [0.2, 0.25) is 0 Å². The predicted molar refractivity (Wildman–Crippen MR) is 132 cm³/mol. The van der Waals surface area contributed by atoms with Crippen LogP contribution in [0.25, 0.3) is 0 Å². The second-order valence-corrected chi connectivity index (χ2v) is 8.16. The SMILES string of the molecule is CCOC(=O)n1nc(NC(=O)c2ccccc2CN2C(=O)c3ccccc3C2=O)c2c1CCNC2.Cl. The summed E-state index contributed by atoms with van der Waals surface area (Å²) in [4.78, 5) is 52.4. The fourth-order valence-electron chi connectivity index (χ4n) is 4.39. The van der Waals surface area contributed by atoms with Crippen LogP contribution in [0.5, 0.6) is 0 Å². The van der Waals surface area contributed by atoms with Gasteiger partial charge < -0.3 is 15.4 Å². The number of anilines is 1. The minimum atomic E-state index is -0.600. The third-order valence-electron chi connectivity index (χ3n) is 6.07. The molecular formula is C25H24ClN5O5. The molecule has 0 unspecified atom stereocenters. The molecule has 3 amide bonds. The molecule has 11 heteroatoms. The molecule has 0 aliphatic carbocycles. The van der Waals surface area contributed by atoms with Crippen LogP contribution in [0.15, 0.2) is 48.5 Å². The van der Waals surface area contributed by atoms with Gasteiger partial charge in [0.2, 0.25) is 0 Å². The largest absolute Gasteiger partial charge is 0.448 e. The highest BCUT2D eigenvalue weighted by Gasteiger charge is 2.35. The highest BCUT2D eigenvalue weighted by atomic mass is 35.5. The van der Waals surface area contributed by atoms with E-state index in [1.807, 2.05) is 0 Å². The molecule has 0 saturated carbocycles. The lowest BCUT2D eigenvalue weighted by Crippen LogP contribution is -2.30. The zero-order valence-electron chi connectivity index (χ0n) is 19.4. The fourth-order valence-corrected chi connectivity index (χ4v) is 4.39. The third kappa shape index (κ3) is 4.36. The van der Waals surface area contributed by atoms with Crippen LogP contribution in [-0.2, 0) is 24.2 Å². The Labute approximate surface area is 213 Å². The molecule has 36 heavy (non-hydrogen) atoms. The quantitative estimate of drug-likeness (QED) is 0.507. The van der Waals surface area contributed by atoms with E-state index < -0.39 is 23.8 Å². The van der Waals surface area contributed by atoms with Crippen molar-refractivity contribution >= 4 is 42.0 Å². The van der Waals surface area contributed by atoms with Crippen molar-refractivity contribution in [1.82, 2.24) is 20.0 Å². The summed E-state index contributed by atoms with van der Waals surface area (Å²) >= 11 is 0. The summed E-state index contributed by atoms with van der Waals surface area (Å²) in [5.74, 6) is -0.983. The molecule has 2 N–H and O–H groups in total. The first kappa shape index (κ1) is 25.1. The number of fused-ring (bicyclic) bond motifs is 2. The van der Waals surface area contributed by atoms with Crippen molar-refractivity contribution in [2.75, 3.05) is 18.5 Å². The van der Waals surface area contributed by atoms with E-state index in [1.54, 1.807) is 55.5 Å². The normalized spacial score (nSPS) is 14.1. The molecule has 0 atom stereocenters. The Balaban J connectivity index is 0.00000304. The summed E-state index contributed by atoms with van der Waals surface area (Å²) in [6.45, 7) is 2.99. The Bertz CT molecular complexity index is 1330. The predicted octanol–water partition coefficient (Wildman–Crippen LogP) is 3.00. The van der Waals surface area contributed by atoms with Gasteiger partial charge in [-0.05, 0) is 30.7 Å². The lowest BCUT2D eigenvalue weighted by Gasteiger charge is -2.17. The first-order valence-electron chi connectivity index (χ1n) is 11.3. The number of nitrogens with zero attached hydrogens (tertiary/aromatic N) is 3. The van der Waals surface area contributed by atoms with E-state index in [-0.39, 0.29) is 31.4 Å². The van der Waals surface area contributed by atoms with Crippen LogP contribution in [0.4, 0.5) is 10.6 Å². The highest BCUT2D eigenvalue weighted by Crippen LogP contribution is 2.27. The standard InChI is InChI=1S/C25H23N5O5.ClH/c1-2-35-25(34)30-20-11-12-26-13-19(20)21(28-30)27-22(31)16-8-4-3-7-15(16)14-29-23(32)17-9-5-6-10-18(17)24(29)33;/h3-10,26H,2,11-14H2,1H3,(H,27,28,31);1H. The minimum absolute atomic E-state index is 0. The molecule has 10 nitrogen and oxygen atoms in total. The molecule has 0 spiro atoms. The summed E-state index contributed by atoms with van der Waals surface area (Å²) in [6.07, 6.45) is -0.0370. The molecule has 3 aromatic rings. The molecule has 5 rings (SSSR count). The Kier molecular flexibility index (Phi) is 7.18. The van der Waals surface area contributed by atoms with Gasteiger partial charge >= 0.3 is 6.09 Å². The van der Waals surface area contributed by atoms with E-state index >= 15 is 0 Å². The molecule has 0 saturated heterocycles. The zero-order chi connectivity index (χ0) is 24.5. The monoisotopic (exact) mass is 509 g/mol. The summed E-state index contributed by atoms with van der Waals surface area (Å²) in [5.41, 5.74) is 2.92. The Morgan fingerprint density at radius 2 is 1.72 bits per heavy atom. The second-order valence-electron chi connectivity index (χ2n) is 8.16. The van der Waals surface area contributed by atoms with E-state index in [4.69, 9.17) is 4.74 Å². The molecule has 2 aliphatic heterocycles. The fraction of sp³-hybridized carbons (Fsp3) is 0.240. The van der Waals surface area contributed by atoms with Gasteiger partial charge in [-0.15, -0.1) is 17.5 Å². The number of hydrogen-bond acceptors (Lipinski definition) is 7. The van der Waals surface area contributed by atoms with E-state index in [1.165, 1.54) is 4.68 Å². The van der Waals surface area contributed by atoms with Gasteiger partial charge in [0.05, 0.1) is 30.0 Å². The number of carbonyl (C=O) groups excluding carboxylic acids is 4. The van der Waals surface area contributed by atoms with Gasteiger partial charge in [-0.25, -0.2) is 4.79 Å². The van der Waals surface area contributed by atoms with Crippen molar-refractivity contribution in [1.29, 1.82) is 0 Å². The van der Waals surface area contributed by atoms with E-state index in [9.17, 15) is 19.2 Å². The summed E-state index contributed by atoms with van der Waals surface area (Å²) in [6, 6.07) is 13.4.